The van der Waals surface area contributed by atoms with Gasteiger partial charge in [0.1, 0.15) is 24.0 Å². The number of rotatable bonds is 11. The molecule has 39 heavy (non-hydrogen) atoms. The van der Waals surface area contributed by atoms with Crippen molar-refractivity contribution in [3.05, 3.63) is 77.7 Å². The van der Waals surface area contributed by atoms with Crippen LogP contribution in [0.25, 0.3) is 22.0 Å². The Bertz CT molecular complexity index is 1460. The van der Waals surface area contributed by atoms with E-state index in [1.807, 2.05) is 6.92 Å². The Morgan fingerprint density at radius 1 is 1.13 bits per heavy atom. The minimum Gasteiger partial charge on any atom is -0.508 e. The number of aromatic hydroxyl groups is 1. The molecule has 206 valence electrons. The van der Waals surface area contributed by atoms with E-state index in [1.54, 1.807) is 65.3 Å². The van der Waals surface area contributed by atoms with Crippen LogP contribution in [0.4, 0.5) is 4.39 Å². The van der Waals surface area contributed by atoms with E-state index in [-0.39, 0.29) is 24.0 Å². The molecule has 1 heterocycles. The highest BCUT2D eigenvalue weighted by molar-refractivity contribution is 6.76. The number of ether oxygens (including phenoxy) is 2. The number of carbonyl (C=O) groups is 1. The Balaban J connectivity index is 1.56. The lowest BCUT2D eigenvalue weighted by atomic mass is 10.0. The van der Waals surface area contributed by atoms with E-state index in [9.17, 15) is 14.3 Å². The van der Waals surface area contributed by atoms with Crippen molar-refractivity contribution >= 4 is 24.9 Å². The van der Waals surface area contributed by atoms with Crippen molar-refractivity contribution in [3.63, 3.8) is 0 Å². The molecule has 9 heteroatoms. The average molecular weight is 550 g/mol. The number of phenols is 1. The number of aromatic nitrogens is 2. The predicted octanol–water partition coefficient (Wildman–Crippen LogP) is 6.53. The second-order valence-corrected chi connectivity index (χ2v) is 16.5. The van der Waals surface area contributed by atoms with Gasteiger partial charge in [0.15, 0.2) is 0 Å². The Morgan fingerprint density at radius 2 is 1.92 bits per heavy atom. The van der Waals surface area contributed by atoms with Gasteiger partial charge in [-0.05, 0) is 61.0 Å². The maximum Gasteiger partial charge on any atom is 0.254 e. The maximum atomic E-state index is 13.8. The van der Waals surface area contributed by atoms with Gasteiger partial charge in [-0.2, -0.15) is 5.10 Å². The quantitative estimate of drug-likeness (QED) is 0.170. The molecule has 0 spiro atoms. The zero-order valence-corrected chi connectivity index (χ0v) is 24.2. The Kier molecular flexibility index (Phi) is 8.72. The zero-order chi connectivity index (χ0) is 28.2. The highest BCUT2D eigenvalue weighted by Gasteiger charge is 2.19. The lowest BCUT2D eigenvalue weighted by molar-refractivity contribution is 0.0781. The van der Waals surface area contributed by atoms with Crippen molar-refractivity contribution in [2.45, 2.75) is 45.9 Å². The number of amides is 1. The molecule has 0 saturated heterocycles. The number of benzene rings is 3. The topological polar surface area (TPSA) is 76.8 Å². The van der Waals surface area contributed by atoms with Crippen LogP contribution >= 0.6 is 0 Å². The minimum absolute atomic E-state index is 0.107. The number of carbonyl (C=O) groups excluding carboxylic acids is 1. The van der Waals surface area contributed by atoms with Crippen LogP contribution in [0.5, 0.6) is 11.5 Å². The summed E-state index contributed by atoms with van der Waals surface area (Å²) >= 11 is 0. The van der Waals surface area contributed by atoms with Gasteiger partial charge in [0.2, 0.25) is 0 Å². The molecule has 0 fully saturated rings. The number of halogens is 1. The molecule has 1 amide bonds. The van der Waals surface area contributed by atoms with E-state index in [1.165, 1.54) is 12.1 Å². The minimum atomic E-state index is -1.21. The van der Waals surface area contributed by atoms with Crippen LogP contribution in [0.2, 0.25) is 25.7 Å². The van der Waals surface area contributed by atoms with E-state index in [0.717, 1.165) is 22.5 Å². The van der Waals surface area contributed by atoms with Gasteiger partial charge in [0.05, 0.1) is 18.3 Å². The van der Waals surface area contributed by atoms with Gasteiger partial charge in [-0.3, -0.25) is 4.79 Å². The third kappa shape index (κ3) is 7.04. The van der Waals surface area contributed by atoms with Crippen LogP contribution in [0.1, 0.15) is 22.8 Å². The number of hydrogen-bond donors (Lipinski definition) is 1. The van der Waals surface area contributed by atoms with Crippen LogP contribution < -0.4 is 4.74 Å². The summed E-state index contributed by atoms with van der Waals surface area (Å²) in [7, 11) is 0.502. The van der Waals surface area contributed by atoms with Crippen molar-refractivity contribution in [3.8, 4) is 22.6 Å². The molecule has 4 rings (SSSR count). The maximum absolute atomic E-state index is 13.8. The Morgan fingerprint density at radius 3 is 2.64 bits per heavy atom. The first kappa shape index (κ1) is 28.3. The number of nitrogens with zero attached hydrogens (tertiary/aromatic N) is 3. The van der Waals surface area contributed by atoms with Gasteiger partial charge in [-0.25, -0.2) is 9.07 Å². The van der Waals surface area contributed by atoms with E-state index in [4.69, 9.17) is 9.47 Å². The molecule has 0 bridgehead atoms. The highest BCUT2D eigenvalue weighted by Crippen LogP contribution is 2.32. The van der Waals surface area contributed by atoms with E-state index in [2.05, 4.69) is 24.7 Å². The van der Waals surface area contributed by atoms with Crippen molar-refractivity contribution in [1.82, 2.24) is 14.7 Å². The molecule has 0 aliphatic carbocycles. The molecule has 0 saturated carbocycles. The molecule has 7 nitrogen and oxygen atoms in total. The summed E-state index contributed by atoms with van der Waals surface area (Å²) in [4.78, 5) is 15.0. The fraction of sp³-hybridized carbons (Fsp3) is 0.333. The first-order valence-corrected chi connectivity index (χ1v) is 16.8. The summed E-state index contributed by atoms with van der Waals surface area (Å²) in [6.07, 6.45) is 1.70. The SMILES string of the molecule is CCOc1cc(C(=O)N(C)Cc2cc(O)cc3cnn(COCC[Si](C)(C)C)c23)ccc1-c1cccc(F)c1. The summed E-state index contributed by atoms with van der Waals surface area (Å²) in [5.41, 5.74) is 3.41. The second-order valence-electron chi connectivity index (χ2n) is 10.9. The van der Waals surface area contributed by atoms with E-state index >= 15 is 0 Å². The first-order valence-electron chi connectivity index (χ1n) is 13.1. The molecule has 4 aromatic rings. The van der Waals surface area contributed by atoms with Gasteiger partial charge in [-0.1, -0.05) is 31.8 Å². The van der Waals surface area contributed by atoms with Crippen LogP contribution in [-0.2, 0) is 18.0 Å². The summed E-state index contributed by atoms with van der Waals surface area (Å²) < 4.78 is 27.3. The molecule has 0 aliphatic heterocycles. The molecular formula is C30H36FN3O4Si. The average Bonchev–Trinajstić information content (AvgIpc) is 3.28. The molecule has 3 aromatic carbocycles. The molecule has 1 N–H and O–H groups in total. The van der Waals surface area contributed by atoms with Crippen molar-refractivity contribution in [1.29, 1.82) is 0 Å². The molecule has 1 aromatic heterocycles. The largest absolute Gasteiger partial charge is 0.508 e. The van der Waals surface area contributed by atoms with Gasteiger partial charge >= 0.3 is 0 Å². The zero-order valence-electron chi connectivity index (χ0n) is 23.2. The van der Waals surface area contributed by atoms with Gasteiger partial charge in [-0.15, -0.1) is 0 Å². The van der Waals surface area contributed by atoms with Gasteiger partial charge < -0.3 is 19.5 Å². The predicted molar refractivity (Wildman–Crippen MR) is 154 cm³/mol. The Labute approximate surface area is 229 Å². The van der Waals surface area contributed by atoms with Gasteiger partial charge in [0, 0.05) is 50.3 Å². The molecule has 0 atom stereocenters. The van der Waals surface area contributed by atoms with E-state index < -0.39 is 8.07 Å². The Hall–Kier alpha value is -3.69. The normalized spacial score (nSPS) is 11.6. The van der Waals surface area contributed by atoms with Crippen LogP contribution in [0.3, 0.4) is 0 Å². The molecule has 0 aliphatic rings. The fourth-order valence-electron chi connectivity index (χ4n) is 4.42. The summed E-state index contributed by atoms with van der Waals surface area (Å²) in [5, 5.41) is 15.6. The van der Waals surface area contributed by atoms with E-state index in [0.29, 0.717) is 42.4 Å². The second kappa shape index (κ2) is 12.0. The number of hydrogen-bond acceptors (Lipinski definition) is 5. The summed E-state index contributed by atoms with van der Waals surface area (Å²) in [5.74, 6) is 0.0647. The summed E-state index contributed by atoms with van der Waals surface area (Å²) in [6, 6.07) is 15.8. The van der Waals surface area contributed by atoms with Crippen LogP contribution in [-0.4, -0.2) is 54.0 Å². The lowest BCUT2D eigenvalue weighted by Crippen LogP contribution is -2.26. The third-order valence-corrected chi connectivity index (χ3v) is 8.13. The fourth-order valence-corrected chi connectivity index (χ4v) is 5.18. The third-order valence-electron chi connectivity index (χ3n) is 6.43. The highest BCUT2D eigenvalue weighted by atomic mass is 28.3. The van der Waals surface area contributed by atoms with Crippen LogP contribution in [0, 0.1) is 5.82 Å². The molecular weight excluding hydrogens is 513 g/mol. The molecule has 0 unspecified atom stereocenters. The van der Waals surface area contributed by atoms with Crippen molar-refractivity contribution in [2.75, 3.05) is 20.3 Å². The standard InChI is InChI=1S/C30H36FN3O4Si/c1-6-38-28-17-22(10-11-27(28)21-8-7-9-25(31)14-21)30(36)33(2)19-24-16-26(35)15-23-18-32-34(29(23)24)20-37-12-13-39(3,4)5/h7-11,14-18,35H,6,12-13,19-20H2,1-5H3. The number of fused-ring (bicyclic) bond motifs is 1. The smallest absolute Gasteiger partial charge is 0.254 e. The lowest BCUT2D eigenvalue weighted by Gasteiger charge is -2.20. The van der Waals surface area contributed by atoms with Crippen LogP contribution in [0.15, 0.2) is 60.8 Å². The first-order chi connectivity index (χ1) is 18.6. The number of phenolic OH excluding ortho intramolecular Hbond substituents is 1. The molecule has 0 radical (unpaired) electrons. The monoisotopic (exact) mass is 549 g/mol. The van der Waals surface area contributed by atoms with Gasteiger partial charge in [0.25, 0.3) is 5.91 Å². The van der Waals surface area contributed by atoms with Crippen molar-refractivity contribution in [2.24, 2.45) is 0 Å². The van der Waals surface area contributed by atoms with Crippen molar-refractivity contribution < 1.29 is 23.8 Å². The summed E-state index contributed by atoms with van der Waals surface area (Å²) in [6.45, 7) is 10.4.